The lowest BCUT2D eigenvalue weighted by molar-refractivity contribution is 0.0933. The van der Waals surface area contributed by atoms with E-state index in [4.69, 9.17) is 14.2 Å². The van der Waals surface area contributed by atoms with E-state index in [0.717, 1.165) is 18.2 Å². The maximum absolute atomic E-state index is 12.4. The second-order valence-electron chi connectivity index (χ2n) is 4.78. The van der Waals surface area contributed by atoms with E-state index in [1.807, 2.05) is 0 Å². The number of ether oxygens (including phenoxy) is 3. The fourth-order valence-electron chi connectivity index (χ4n) is 1.96. The van der Waals surface area contributed by atoms with Crippen LogP contribution in [-0.4, -0.2) is 38.1 Å². The number of methoxy groups -OCH3 is 3. The summed E-state index contributed by atoms with van der Waals surface area (Å²) < 4.78 is 15.7. The van der Waals surface area contributed by atoms with Crippen LogP contribution in [0, 0.1) is 0 Å². The molecule has 0 heterocycles. The number of benzene rings is 1. The topological polar surface area (TPSA) is 56.8 Å². The first-order valence-corrected chi connectivity index (χ1v) is 7.40. The van der Waals surface area contributed by atoms with Crippen molar-refractivity contribution in [2.45, 2.75) is 18.4 Å². The van der Waals surface area contributed by atoms with Crippen molar-refractivity contribution in [2.24, 2.45) is 0 Å². The first-order chi connectivity index (χ1) is 9.59. The Hall–Kier alpha value is -1.43. The van der Waals surface area contributed by atoms with Crippen molar-refractivity contribution in [1.82, 2.24) is 5.32 Å². The Labute approximate surface area is 126 Å². The number of rotatable bonds is 6. The average molecular weight is 344 g/mol. The van der Waals surface area contributed by atoms with Gasteiger partial charge in [0, 0.05) is 17.5 Å². The molecule has 1 aromatic carbocycles. The minimum Gasteiger partial charge on any atom is -0.496 e. The third-order valence-corrected chi connectivity index (χ3v) is 4.51. The van der Waals surface area contributed by atoms with Gasteiger partial charge < -0.3 is 19.5 Å². The van der Waals surface area contributed by atoms with Crippen molar-refractivity contribution in [3.05, 3.63) is 17.7 Å². The monoisotopic (exact) mass is 343 g/mol. The number of amides is 1. The molecule has 1 aliphatic rings. The quantitative estimate of drug-likeness (QED) is 0.805. The molecular formula is C14H18BrNO4. The van der Waals surface area contributed by atoms with Crippen LogP contribution in [-0.2, 0) is 0 Å². The first-order valence-electron chi connectivity index (χ1n) is 6.27. The van der Waals surface area contributed by atoms with Gasteiger partial charge in [0.05, 0.1) is 32.4 Å². The highest BCUT2D eigenvalue weighted by molar-refractivity contribution is 9.09. The third-order valence-electron chi connectivity index (χ3n) is 3.44. The van der Waals surface area contributed by atoms with Gasteiger partial charge in [-0.2, -0.15) is 0 Å². The van der Waals surface area contributed by atoms with E-state index in [2.05, 4.69) is 21.2 Å². The number of alkyl halides is 1. The van der Waals surface area contributed by atoms with Crippen LogP contribution in [0.25, 0.3) is 0 Å². The molecular weight excluding hydrogens is 326 g/mol. The van der Waals surface area contributed by atoms with Gasteiger partial charge >= 0.3 is 0 Å². The number of hydrogen-bond acceptors (Lipinski definition) is 4. The second kappa shape index (κ2) is 5.91. The highest BCUT2D eigenvalue weighted by atomic mass is 79.9. The van der Waals surface area contributed by atoms with Gasteiger partial charge in [0.25, 0.3) is 5.91 Å². The smallest absolute Gasteiger partial charge is 0.255 e. The normalized spacial score (nSPS) is 15.4. The molecule has 2 rings (SSSR count). The second-order valence-corrected chi connectivity index (χ2v) is 5.34. The fourth-order valence-corrected chi connectivity index (χ4v) is 2.66. The van der Waals surface area contributed by atoms with E-state index < -0.39 is 0 Å². The maximum Gasteiger partial charge on any atom is 0.255 e. The van der Waals surface area contributed by atoms with E-state index in [-0.39, 0.29) is 11.4 Å². The summed E-state index contributed by atoms with van der Waals surface area (Å²) >= 11 is 3.43. The van der Waals surface area contributed by atoms with Gasteiger partial charge in [-0.1, -0.05) is 15.9 Å². The predicted octanol–water partition coefficient (Wildman–Crippen LogP) is 2.37. The van der Waals surface area contributed by atoms with Crippen LogP contribution in [0.5, 0.6) is 17.2 Å². The van der Waals surface area contributed by atoms with Gasteiger partial charge in [0.15, 0.2) is 11.5 Å². The molecule has 1 saturated carbocycles. The number of nitrogens with one attached hydrogen (secondary N) is 1. The van der Waals surface area contributed by atoms with Crippen molar-refractivity contribution < 1.29 is 19.0 Å². The van der Waals surface area contributed by atoms with Crippen LogP contribution < -0.4 is 19.5 Å². The summed E-state index contributed by atoms with van der Waals surface area (Å²) in [5.41, 5.74) is 0.326. The molecule has 0 spiro atoms. The Morgan fingerprint density at radius 2 is 1.70 bits per heavy atom. The largest absolute Gasteiger partial charge is 0.496 e. The summed E-state index contributed by atoms with van der Waals surface area (Å²) in [4.78, 5) is 12.4. The zero-order valence-electron chi connectivity index (χ0n) is 11.8. The lowest BCUT2D eigenvalue weighted by Crippen LogP contribution is -2.38. The van der Waals surface area contributed by atoms with Crippen molar-refractivity contribution >= 4 is 21.8 Å². The summed E-state index contributed by atoms with van der Waals surface area (Å²) in [6.45, 7) is 0. The molecule has 20 heavy (non-hydrogen) atoms. The minimum atomic E-state index is -0.167. The van der Waals surface area contributed by atoms with E-state index in [1.54, 1.807) is 19.2 Å². The standard InChI is InChI=1S/C14H18BrNO4/c1-18-10-7-12(20-3)11(19-2)6-9(10)13(17)16-14(8-15)4-5-14/h6-7H,4-5,8H2,1-3H3,(H,16,17). The molecule has 0 radical (unpaired) electrons. The molecule has 5 nitrogen and oxygen atoms in total. The number of hydrogen-bond donors (Lipinski definition) is 1. The van der Waals surface area contributed by atoms with E-state index >= 15 is 0 Å². The fraction of sp³-hybridized carbons (Fsp3) is 0.500. The van der Waals surface area contributed by atoms with Crippen molar-refractivity contribution in [3.63, 3.8) is 0 Å². The molecule has 1 aromatic rings. The summed E-state index contributed by atoms with van der Waals surface area (Å²) in [5, 5.41) is 3.79. The maximum atomic E-state index is 12.4. The molecule has 6 heteroatoms. The molecule has 1 fully saturated rings. The zero-order chi connectivity index (χ0) is 14.8. The predicted molar refractivity (Wildman–Crippen MR) is 79.3 cm³/mol. The Morgan fingerprint density at radius 3 is 2.15 bits per heavy atom. The molecule has 1 N–H and O–H groups in total. The van der Waals surface area contributed by atoms with Gasteiger partial charge in [-0.25, -0.2) is 0 Å². The molecule has 0 atom stereocenters. The number of carbonyl (C=O) groups is 1. The van der Waals surface area contributed by atoms with Gasteiger partial charge in [-0.15, -0.1) is 0 Å². The Balaban J connectivity index is 2.31. The van der Waals surface area contributed by atoms with Crippen LogP contribution >= 0.6 is 15.9 Å². The molecule has 0 aliphatic heterocycles. The molecule has 0 unspecified atom stereocenters. The molecule has 0 aromatic heterocycles. The molecule has 0 bridgehead atoms. The first kappa shape index (κ1) is 15.0. The lowest BCUT2D eigenvalue weighted by Gasteiger charge is -2.17. The molecule has 110 valence electrons. The summed E-state index contributed by atoms with van der Waals surface area (Å²) in [5.74, 6) is 1.33. The SMILES string of the molecule is COc1cc(OC)c(C(=O)NC2(CBr)CC2)cc1OC. The Bertz CT molecular complexity index is 514. The molecule has 1 amide bonds. The van der Waals surface area contributed by atoms with Gasteiger partial charge in [-0.05, 0) is 12.8 Å². The summed E-state index contributed by atoms with van der Waals surface area (Å²) in [6, 6.07) is 3.29. The van der Waals surface area contributed by atoms with Gasteiger partial charge in [-0.3, -0.25) is 4.79 Å². The van der Waals surface area contributed by atoms with E-state index in [9.17, 15) is 4.79 Å². The van der Waals surface area contributed by atoms with Crippen LogP contribution in [0.4, 0.5) is 0 Å². The third kappa shape index (κ3) is 2.85. The minimum absolute atomic E-state index is 0.116. The highest BCUT2D eigenvalue weighted by Crippen LogP contribution is 2.39. The Morgan fingerprint density at radius 1 is 1.15 bits per heavy atom. The van der Waals surface area contributed by atoms with Crippen molar-refractivity contribution in [1.29, 1.82) is 0 Å². The average Bonchev–Trinajstić information content (AvgIpc) is 3.25. The zero-order valence-corrected chi connectivity index (χ0v) is 13.4. The van der Waals surface area contributed by atoms with Crippen LogP contribution in [0.3, 0.4) is 0 Å². The molecule has 0 saturated heterocycles. The van der Waals surface area contributed by atoms with Gasteiger partial charge in [0.1, 0.15) is 5.75 Å². The van der Waals surface area contributed by atoms with Crippen LogP contribution in [0.1, 0.15) is 23.2 Å². The van der Waals surface area contributed by atoms with Crippen LogP contribution in [0.2, 0.25) is 0 Å². The number of carbonyl (C=O) groups excluding carboxylic acids is 1. The van der Waals surface area contributed by atoms with Crippen LogP contribution in [0.15, 0.2) is 12.1 Å². The highest BCUT2D eigenvalue weighted by Gasteiger charge is 2.43. The summed E-state index contributed by atoms with van der Waals surface area (Å²) in [6.07, 6.45) is 1.97. The lowest BCUT2D eigenvalue weighted by atomic mass is 10.1. The van der Waals surface area contributed by atoms with Crippen molar-refractivity contribution in [2.75, 3.05) is 26.7 Å². The molecule has 1 aliphatic carbocycles. The Kier molecular flexibility index (Phi) is 4.42. The van der Waals surface area contributed by atoms with E-state index in [0.29, 0.717) is 22.8 Å². The summed E-state index contributed by atoms with van der Waals surface area (Å²) in [7, 11) is 4.60. The number of halogens is 1. The van der Waals surface area contributed by atoms with Gasteiger partial charge in [0.2, 0.25) is 0 Å². The van der Waals surface area contributed by atoms with Crippen molar-refractivity contribution in [3.8, 4) is 17.2 Å². The van der Waals surface area contributed by atoms with E-state index in [1.165, 1.54) is 14.2 Å².